The molecule has 1 heterocycles. The summed E-state index contributed by atoms with van der Waals surface area (Å²) in [6.07, 6.45) is 2.20. The molecule has 1 N–H and O–H groups in total. The van der Waals surface area contributed by atoms with E-state index in [9.17, 15) is 0 Å². The molecule has 0 aromatic heterocycles. The van der Waals surface area contributed by atoms with Crippen LogP contribution in [0, 0.1) is 0 Å². The zero-order valence-electron chi connectivity index (χ0n) is 11.6. The number of thioether (sulfide) groups is 1. The number of rotatable bonds is 4. The molecule has 1 saturated heterocycles. The second kappa shape index (κ2) is 6.09. The zero-order valence-corrected chi connectivity index (χ0v) is 12.5. The molecule has 0 aliphatic carbocycles. The van der Waals surface area contributed by atoms with Crippen LogP contribution in [0.25, 0.3) is 0 Å². The Morgan fingerprint density at radius 2 is 2.11 bits per heavy atom. The predicted octanol–water partition coefficient (Wildman–Crippen LogP) is 2.56. The fourth-order valence-electron chi connectivity index (χ4n) is 2.67. The molecule has 100 valence electrons. The first kappa shape index (κ1) is 13.9. The Morgan fingerprint density at radius 3 is 2.78 bits per heavy atom. The highest BCUT2D eigenvalue weighted by molar-refractivity contribution is 7.99. The van der Waals surface area contributed by atoms with E-state index in [0.717, 1.165) is 19.6 Å². The Labute approximate surface area is 115 Å². The molecule has 2 unspecified atom stereocenters. The molecule has 1 aliphatic heterocycles. The van der Waals surface area contributed by atoms with E-state index in [0.29, 0.717) is 5.25 Å². The van der Waals surface area contributed by atoms with Gasteiger partial charge in [0.25, 0.3) is 0 Å². The van der Waals surface area contributed by atoms with Crippen molar-refractivity contribution in [3.05, 3.63) is 35.9 Å². The number of hydrogen-bond donors (Lipinski definition) is 1. The lowest BCUT2D eigenvalue weighted by atomic mass is 9.89. The van der Waals surface area contributed by atoms with Gasteiger partial charge in [-0.1, -0.05) is 37.3 Å². The minimum absolute atomic E-state index is 0.0949. The minimum atomic E-state index is 0.0949. The van der Waals surface area contributed by atoms with Gasteiger partial charge in [0, 0.05) is 31.4 Å². The van der Waals surface area contributed by atoms with Crippen LogP contribution >= 0.6 is 11.8 Å². The quantitative estimate of drug-likeness (QED) is 0.900. The second-order valence-corrected chi connectivity index (χ2v) is 6.68. The third kappa shape index (κ3) is 3.28. The molecule has 0 spiro atoms. The van der Waals surface area contributed by atoms with Crippen molar-refractivity contribution in [1.82, 2.24) is 10.2 Å². The van der Waals surface area contributed by atoms with E-state index in [1.165, 1.54) is 12.1 Å². The van der Waals surface area contributed by atoms with Crippen molar-refractivity contribution in [1.29, 1.82) is 0 Å². The first-order chi connectivity index (χ1) is 8.64. The molecule has 2 nitrogen and oxygen atoms in total. The molecular weight excluding hydrogens is 240 g/mol. The van der Waals surface area contributed by atoms with Gasteiger partial charge in [0.2, 0.25) is 0 Å². The van der Waals surface area contributed by atoms with E-state index in [-0.39, 0.29) is 5.54 Å². The van der Waals surface area contributed by atoms with Crippen molar-refractivity contribution in [2.75, 3.05) is 32.4 Å². The van der Waals surface area contributed by atoms with Crippen LogP contribution in [0.3, 0.4) is 0 Å². The Balaban J connectivity index is 2.05. The van der Waals surface area contributed by atoms with Crippen LogP contribution in [0.1, 0.15) is 19.4 Å². The van der Waals surface area contributed by atoms with Gasteiger partial charge in [-0.2, -0.15) is 11.8 Å². The van der Waals surface area contributed by atoms with Gasteiger partial charge in [-0.25, -0.2) is 0 Å². The lowest BCUT2D eigenvalue weighted by Gasteiger charge is -2.42. The minimum Gasteiger partial charge on any atom is -0.305 e. The van der Waals surface area contributed by atoms with Crippen LogP contribution in [-0.4, -0.2) is 42.6 Å². The standard InChI is InChI=1S/C15H24N2S/c1-13(18-3)11-17-10-9-16-15(2,12-17)14-7-5-4-6-8-14/h4-8,13,16H,9-12H2,1-3H3. The van der Waals surface area contributed by atoms with Crippen molar-refractivity contribution in [2.45, 2.75) is 24.6 Å². The van der Waals surface area contributed by atoms with E-state index in [2.05, 4.69) is 60.7 Å². The zero-order chi connectivity index (χ0) is 13.0. The average Bonchev–Trinajstić information content (AvgIpc) is 2.40. The van der Waals surface area contributed by atoms with Crippen LogP contribution < -0.4 is 5.32 Å². The van der Waals surface area contributed by atoms with Gasteiger partial charge in [0.05, 0.1) is 5.54 Å². The van der Waals surface area contributed by atoms with Crippen molar-refractivity contribution < 1.29 is 0 Å². The smallest absolute Gasteiger partial charge is 0.0535 e. The predicted molar refractivity (Wildman–Crippen MR) is 81.2 cm³/mol. The summed E-state index contributed by atoms with van der Waals surface area (Å²) >= 11 is 1.95. The molecule has 3 heteroatoms. The van der Waals surface area contributed by atoms with E-state index in [4.69, 9.17) is 0 Å². The van der Waals surface area contributed by atoms with Gasteiger partial charge in [-0.3, -0.25) is 4.90 Å². The van der Waals surface area contributed by atoms with Gasteiger partial charge >= 0.3 is 0 Å². The maximum atomic E-state index is 3.68. The normalized spacial score (nSPS) is 27.1. The summed E-state index contributed by atoms with van der Waals surface area (Å²) in [6, 6.07) is 10.8. The summed E-state index contributed by atoms with van der Waals surface area (Å²) in [5.41, 5.74) is 1.49. The molecular formula is C15H24N2S. The molecule has 2 atom stereocenters. The first-order valence-electron chi connectivity index (χ1n) is 6.70. The summed E-state index contributed by atoms with van der Waals surface area (Å²) in [5.74, 6) is 0. The van der Waals surface area contributed by atoms with Crippen molar-refractivity contribution >= 4 is 11.8 Å². The molecule has 1 aromatic rings. The van der Waals surface area contributed by atoms with Crippen molar-refractivity contribution in [3.8, 4) is 0 Å². The number of hydrogen-bond acceptors (Lipinski definition) is 3. The van der Waals surface area contributed by atoms with Gasteiger partial charge < -0.3 is 5.32 Å². The van der Waals surface area contributed by atoms with Crippen LogP contribution in [0.15, 0.2) is 30.3 Å². The summed E-state index contributed by atoms with van der Waals surface area (Å²) in [5, 5.41) is 4.40. The Bertz CT molecular complexity index is 368. The van der Waals surface area contributed by atoms with Gasteiger partial charge in [0.15, 0.2) is 0 Å². The molecule has 0 radical (unpaired) electrons. The largest absolute Gasteiger partial charge is 0.305 e. The molecule has 0 amide bonds. The first-order valence-corrected chi connectivity index (χ1v) is 7.98. The third-order valence-electron chi connectivity index (χ3n) is 3.81. The van der Waals surface area contributed by atoms with Gasteiger partial charge in [0.1, 0.15) is 0 Å². The van der Waals surface area contributed by atoms with Crippen molar-refractivity contribution in [2.24, 2.45) is 0 Å². The number of nitrogens with zero attached hydrogens (tertiary/aromatic N) is 1. The topological polar surface area (TPSA) is 15.3 Å². The van der Waals surface area contributed by atoms with Gasteiger partial charge in [-0.15, -0.1) is 0 Å². The molecule has 0 bridgehead atoms. The van der Waals surface area contributed by atoms with Crippen LogP contribution in [-0.2, 0) is 5.54 Å². The molecule has 0 saturated carbocycles. The third-order valence-corrected chi connectivity index (χ3v) is 4.77. The molecule has 1 fully saturated rings. The Morgan fingerprint density at radius 1 is 1.39 bits per heavy atom. The summed E-state index contributed by atoms with van der Waals surface area (Å²) in [7, 11) is 0. The molecule has 1 aromatic carbocycles. The fraction of sp³-hybridized carbons (Fsp3) is 0.600. The lowest BCUT2D eigenvalue weighted by molar-refractivity contribution is 0.144. The molecule has 2 rings (SSSR count). The Kier molecular flexibility index (Phi) is 4.71. The average molecular weight is 264 g/mol. The number of benzene rings is 1. The van der Waals surface area contributed by atoms with Crippen molar-refractivity contribution in [3.63, 3.8) is 0 Å². The number of nitrogens with one attached hydrogen (secondary N) is 1. The van der Waals surface area contributed by atoms with Crippen LogP contribution in [0.5, 0.6) is 0 Å². The number of piperazine rings is 1. The lowest BCUT2D eigenvalue weighted by Crippen LogP contribution is -2.57. The maximum Gasteiger partial charge on any atom is 0.0535 e. The Hall–Kier alpha value is -0.510. The maximum absolute atomic E-state index is 3.68. The second-order valence-electron chi connectivity index (χ2n) is 5.41. The summed E-state index contributed by atoms with van der Waals surface area (Å²) in [6.45, 7) is 9.15. The fourth-order valence-corrected chi connectivity index (χ4v) is 3.03. The van der Waals surface area contributed by atoms with Crippen LogP contribution in [0.2, 0.25) is 0 Å². The van der Waals surface area contributed by atoms with E-state index < -0.39 is 0 Å². The molecule has 18 heavy (non-hydrogen) atoms. The van der Waals surface area contributed by atoms with E-state index in [1.54, 1.807) is 0 Å². The highest BCUT2D eigenvalue weighted by atomic mass is 32.2. The monoisotopic (exact) mass is 264 g/mol. The van der Waals surface area contributed by atoms with Crippen LogP contribution in [0.4, 0.5) is 0 Å². The highest BCUT2D eigenvalue weighted by Crippen LogP contribution is 2.24. The van der Waals surface area contributed by atoms with Gasteiger partial charge in [-0.05, 0) is 18.7 Å². The van der Waals surface area contributed by atoms with E-state index >= 15 is 0 Å². The van der Waals surface area contributed by atoms with E-state index in [1.807, 2.05) is 11.8 Å². The summed E-state index contributed by atoms with van der Waals surface area (Å²) in [4.78, 5) is 2.59. The highest BCUT2D eigenvalue weighted by Gasteiger charge is 2.32. The summed E-state index contributed by atoms with van der Waals surface area (Å²) < 4.78 is 0. The molecule has 1 aliphatic rings. The SMILES string of the molecule is CSC(C)CN1CCNC(C)(c2ccccc2)C1.